The van der Waals surface area contributed by atoms with Crippen LogP contribution in [0.15, 0.2) is 59.1 Å². The van der Waals surface area contributed by atoms with Gasteiger partial charge in [-0.2, -0.15) is 0 Å². The Balaban J connectivity index is 1.64. The second-order valence-corrected chi connectivity index (χ2v) is 7.08. The van der Waals surface area contributed by atoms with Gasteiger partial charge in [0.15, 0.2) is 11.5 Å². The van der Waals surface area contributed by atoms with Crippen molar-refractivity contribution in [1.82, 2.24) is 25.1 Å². The molecule has 0 bridgehead atoms. The summed E-state index contributed by atoms with van der Waals surface area (Å²) < 4.78 is 5.79. The number of rotatable bonds is 5. The van der Waals surface area contributed by atoms with Crippen LogP contribution < -0.4 is 11.5 Å². The van der Waals surface area contributed by atoms with E-state index in [0.29, 0.717) is 29.4 Å². The van der Waals surface area contributed by atoms with Crippen LogP contribution in [0.5, 0.6) is 0 Å². The lowest BCUT2D eigenvalue weighted by molar-refractivity contribution is 0.0827. The lowest BCUT2D eigenvalue weighted by Crippen LogP contribution is -2.21. The molecule has 0 spiro atoms. The van der Waals surface area contributed by atoms with Crippen LogP contribution in [0.1, 0.15) is 15.9 Å². The molecule has 0 aliphatic heterocycles. The number of amides is 1. The topological polar surface area (TPSA) is 137 Å². The minimum absolute atomic E-state index is 0.0754. The Bertz CT molecular complexity index is 1220. The number of carbonyl (C=O) groups excluding carboxylic acids is 1. The summed E-state index contributed by atoms with van der Waals surface area (Å²) in [4.78, 5) is 22.4. The number of hydrogen-bond acceptors (Lipinski definition) is 8. The predicted molar refractivity (Wildman–Crippen MR) is 117 cm³/mol. The van der Waals surface area contributed by atoms with Gasteiger partial charge in [0.25, 0.3) is 11.8 Å². The number of anilines is 1. The Labute approximate surface area is 178 Å². The van der Waals surface area contributed by atoms with Gasteiger partial charge >= 0.3 is 0 Å². The SMILES string of the molecule is CN(C)C(=O)c1ccc(-c2cnc(N)c(-c3nnc(-c4ccc(CN)cc4)o3)n2)cc1. The number of nitrogens with zero attached hydrogens (tertiary/aromatic N) is 5. The highest BCUT2D eigenvalue weighted by atomic mass is 16.4. The van der Waals surface area contributed by atoms with E-state index >= 15 is 0 Å². The fourth-order valence-corrected chi connectivity index (χ4v) is 2.96. The smallest absolute Gasteiger partial charge is 0.270 e. The van der Waals surface area contributed by atoms with Gasteiger partial charge in [0.2, 0.25) is 5.89 Å². The van der Waals surface area contributed by atoms with Crippen molar-refractivity contribution in [3.05, 3.63) is 65.9 Å². The lowest BCUT2D eigenvalue weighted by Gasteiger charge is -2.10. The maximum Gasteiger partial charge on any atom is 0.270 e. The van der Waals surface area contributed by atoms with Crippen LogP contribution in [0.2, 0.25) is 0 Å². The highest BCUT2D eigenvalue weighted by Crippen LogP contribution is 2.28. The third-order valence-corrected chi connectivity index (χ3v) is 4.70. The fourth-order valence-electron chi connectivity index (χ4n) is 2.96. The van der Waals surface area contributed by atoms with E-state index in [0.717, 1.165) is 16.7 Å². The molecule has 0 saturated heterocycles. The average molecular weight is 415 g/mol. The molecule has 4 N–H and O–H groups in total. The lowest BCUT2D eigenvalue weighted by atomic mass is 10.1. The summed E-state index contributed by atoms with van der Waals surface area (Å²) in [5, 5.41) is 8.18. The Kier molecular flexibility index (Phi) is 5.42. The maximum absolute atomic E-state index is 12.1. The third kappa shape index (κ3) is 4.12. The molecule has 0 fully saturated rings. The molecule has 2 aromatic heterocycles. The highest BCUT2D eigenvalue weighted by Gasteiger charge is 2.17. The van der Waals surface area contributed by atoms with Crippen molar-refractivity contribution < 1.29 is 9.21 Å². The van der Waals surface area contributed by atoms with E-state index in [1.54, 1.807) is 44.6 Å². The maximum atomic E-state index is 12.1. The molecule has 2 aromatic carbocycles. The first-order valence-corrected chi connectivity index (χ1v) is 9.54. The molecule has 0 atom stereocenters. The van der Waals surface area contributed by atoms with E-state index in [1.807, 2.05) is 24.3 Å². The summed E-state index contributed by atoms with van der Waals surface area (Å²) >= 11 is 0. The van der Waals surface area contributed by atoms with Gasteiger partial charge in [-0.05, 0) is 29.8 Å². The predicted octanol–water partition coefficient (Wildman–Crippen LogP) is 2.60. The standard InChI is InChI=1S/C22H21N7O2/c1-29(2)22(30)16-9-7-14(8-10-16)17-12-25-19(24)18(26-17)21-28-27-20(31-21)15-5-3-13(11-23)4-6-15/h3-10,12H,11,23H2,1-2H3,(H2,24,25). The summed E-state index contributed by atoms with van der Waals surface area (Å²) in [6.45, 7) is 0.457. The van der Waals surface area contributed by atoms with Crippen molar-refractivity contribution in [2.45, 2.75) is 6.54 Å². The number of nitrogens with two attached hydrogens (primary N) is 2. The Morgan fingerprint density at radius 3 is 2.26 bits per heavy atom. The molecule has 0 aliphatic carbocycles. The monoisotopic (exact) mass is 415 g/mol. The van der Waals surface area contributed by atoms with Gasteiger partial charge in [-0.15, -0.1) is 10.2 Å². The zero-order valence-electron chi connectivity index (χ0n) is 17.1. The van der Waals surface area contributed by atoms with Gasteiger partial charge in [-0.25, -0.2) is 9.97 Å². The van der Waals surface area contributed by atoms with Crippen molar-refractivity contribution in [1.29, 1.82) is 0 Å². The van der Waals surface area contributed by atoms with E-state index in [4.69, 9.17) is 15.9 Å². The van der Waals surface area contributed by atoms with Crippen LogP contribution in [0, 0.1) is 0 Å². The van der Waals surface area contributed by atoms with Gasteiger partial charge < -0.3 is 20.8 Å². The molecule has 2 heterocycles. The summed E-state index contributed by atoms with van der Waals surface area (Å²) in [7, 11) is 3.42. The zero-order valence-corrected chi connectivity index (χ0v) is 17.1. The molecule has 0 radical (unpaired) electrons. The molecule has 9 nitrogen and oxygen atoms in total. The molecule has 1 amide bonds. The summed E-state index contributed by atoms with van der Waals surface area (Å²) in [5.74, 6) is 0.617. The first kappa shape index (κ1) is 20.2. The van der Waals surface area contributed by atoms with Crippen molar-refractivity contribution in [3.8, 4) is 34.3 Å². The first-order chi connectivity index (χ1) is 15.0. The summed E-state index contributed by atoms with van der Waals surface area (Å²) in [6, 6.07) is 14.6. The normalized spacial score (nSPS) is 10.8. The summed E-state index contributed by atoms with van der Waals surface area (Å²) in [6.07, 6.45) is 1.56. The third-order valence-electron chi connectivity index (χ3n) is 4.70. The van der Waals surface area contributed by atoms with Crippen molar-refractivity contribution in [2.75, 3.05) is 19.8 Å². The molecule has 4 rings (SSSR count). The molecule has 31 heavy (non-hydrogen) atoms. The molecule has 0 saturated carbocycles. The average Bonchev–Trinajstić information content (AvgIpc) is 3.29. The molecule has 0 aliphatic rings. The Hall–Kier alpha value is -4.11. The van der Waals surface area contributed by atoms with Crippen molar-refractivity contribution >= 4 is 11.7 Å². The van der Waals surface area contributed by atoms with E-state index < -0.39 is 0 Å². The second kappa shape index (κ2) is 8.33. The molecular formula is C22H21N7O2. The number of nitrogen functional groups attached to an aromatic ring is 1. The van der Waals surface area contributed by atoms with Gasteiger partial charge in [-0.3, -0.25) is 4.79 Å². The Morgan fingerprint density at radius 1 is 0.968 bits per heavy atom. The quantitative estimate of drug-likeness (QED) is 0.507. The Morgan fingerprint density at radius 2 is 1.61 bits per heavy atom. The van der Waals surface area contributed by atoms with Crippen LogP contribution in [-0.4, -0.2) is 45.1 Å². The minimum atomic E-state index is -0.0754. The molecular weight excluding hydrogens is 394 g/mol. The first-order valence-electron chi connectivity index (χ1n) is 9.54. The van der Waals surface area contributed by atoms with Crippen LogP contribution in [0.25, 0.3) is 34.3 Å². The van der Waals surface area contributed by atoms with Crippen LogP contribution in [0.3, 0.4) is 0 Å². The van der Waals surface area contributed by atoms with Gasteiger partial charge in [0.1, 0.15) is 0 Å². The number of hydrogen-bond donors (Lipinski definition) is 2. The molecule has 4 aromatic rings. The number of aromatic nitrogens is 4. The van der Waals surface area contributed by atoms with Gasteiger partial charge in [0, 0.05) is 37.3 Å². The zero-order chi connectivity index (χ0) is 22.0. The van der Waals surface area contributed by atoms with E-state index in [1.165, 1.54) is 4.90 Å². The largest absolute Gasteiger partial charge is 0.414 e. The fraction of sp³-hybridized carbons (Fsp3) is 0.136. The molecule has 9 heteroatoms. The van der Waals surface area contributed by atoms with Gasteiger partial charge in [-0.1, -0.05) is 24.3 Å². The van der Waals surface area contributed by atoms with E-state index in [-0.39, 0.29) is 17.6 Å². The minimum Gasteiger partial charge on any atom is -0.414 e. The van der Waals surface area contributed by atoms with Gasteiger partial charge in [0.05, 0.1) is 11.9 Å². The van der Waals surface area contributed by atoms with Crippen LogP contribution in [-0.2, 0) is 6.54 Å². The van der Waals surface area contributed by atoms with Crippen molar-refractivity contribution in [2.24, 2.45) is 5.73 Å². The highest BCUT2D eigenvalue weighted by molar-refractivity contribution is 5.94. The van der Waals surface area contributed by atoms with E-state index in [2.05, 4.69) is 20.2 Å². The molecule has 156 valence electrons. The van der Waals surface area contributed by atoms with E-state index in [9.17, 15) is 4.79 Å². The molecule has 0 unspecified atom stereocenters. The summed E-state index contributed by atoms with van der Waals surface area (Å²) in [5.41, 5.74) is 15.6. The number of carbonyl (C=O) groups is 1. The number of benzene rings is 2. The second-order valence-electron chi connectivity index (χ2n) is 7.08. The van der Waals surface area contributed by atoms with Crippen LogP contribution in [0.4, 0.5) is 5.82 Å². The van der Waals surface area contributed by atoms with Crippen LogP contribution >= 0.6 is 0 Å². The van der Waals surface area contributed by atoms with Crippen molar-refractivity contribution in [3.63, 3.8) is 0 Å².